The first-order chi connectivity index (χ1) is 6.04. The molecule has 0 unspecified atom stereocenters. The Morgan fingerprint density at radius 1 is 1.08 bits per heavy atom. The van der Waals surface area contributed by atoms with E-state index in [1.165, 1.54) is 0 Å². The lowest BCUT2D eigenvalue weighted by Gasteiger charge is -2.28. The first-order valence-electron chi connectivity index (χ1n) is 4.08. The summed E-state index contributed by atoms with van der Waals surface area (Å²) >= 11 is 0. The third kappa shape index (κ3) is 1.71. The first-order valence-corrected chi connectivity index (χ1v) is 4.08. The maximum atomic E-state index is 11.4. The van der Waals surface area contributed by atoms with Crippen molar-refractivity contribution in [3.8, 4) is 0 Å². The standard InChI is InChI=1S/C10H14O3/c1-7-5-10(12-3,13-4)6-8(2)9(7)11/h5-6H,1-4H3. The molecule has 3 nitrogen and oxygen atoms in total. The van der Waals surface area contributed by atoms with Gasteiger partial charge in [-0.25, -0.2) is 0 Å². The first kappa shape index (κ1) is 10.2. The van der Waals surface area contributed by atoms with Gasteiger partial charge >= 0.3 is 0 Å². The van der Waals surface area contributed by atoms with Crippen LogP contribution < -0.4 is 0 Å². The van der Waals surface area contributed by atoms with Crippen LogP contribution in [0.3, 0.4) is 0 Å². The monoisotopic (exact) mass is 182 g/mol. The van der Waals surface area contributed by atoms with Gasteiger partial charge in [-0.3, -0.25) is 4.79 Å². The molecule has 0 aromatic heterocycles. The van der Waals surface area contributed by atoms with E-state index < -0.39 is 5.79 Å². The maximum absolute atomic E-state index is 11.4. The van der Waals surface area contributed by atoms with Crippen molar-refractivity contribution in [3.05, 3.63) is 23.3 Å². The quantitative estimate of drug-likeness (QED) is 0.606. The van der Waals surface area contributed by atoms with Crippen LogP contribution in [0.2, 0.25) is 0 Å². The number of ketones is 1. The van der Waals surface area contributed by atoms with Gasteiger partial charge in [0.1, 0.15) is 0 Å². The maximum Gasteiger partial charge on any atom is 0.208 e. The molecule has 13 heavy (non-hydrogen) atoms. The highest BCUT2D eigenvalue weighted by Crippen LogP contribution is 2.25. The van der Waals surface area contributed by atoms with Gasteiger partial charge in [0.05, 0.1) is 0 Å². The van der Waals surface area contributed by atoms with Crippen molar-refractivity contribution < 1.29 is 14.3 Å². The summed E-state index contributed by atoms with van der Waals surface area (Å²) in [7, 11) is 3.10. The van der Waals surface area contributed by atoms with E-state index in [0.717, 1.165) is 0 Å². The van der Waals surface area contributed by atoms with Gasteiger partial charge < -0.3 is 9.47 Å². The number of carbonyl (C=O) groups is 1. The van der Waals surface area contributed by atoms with Crippen LogP contribution in [0.25, 0.3) is 0 Å². The largest absolute Gasteiger partial charge is 0.346 e. The van der Waals surface area contributed by atoms with Crippen molar-refractivity contribution >= 4 is 5.78 Å². The molecule has 0 aromatic rings. The predicted molar refractivity (Wildman–Crippen MR) is 49.3 cm³/mol. The van der Waals surface area contributed by atoms with Gasteiger partial charge in [-0.15, -0.1) is 0 Å². The number of hydrogen-bond acceptors (Lipinski definition) is 3. The Morgan fingerprint density at radius 3 is 1.77 bits per heavy atom. The third-order valence-electron chi connectivity index (χ3n) is 2.19. The number of methoxy groups -OCH3 is 2. The Bertz CT molecular complexity index is 259. The van der Waals surface area contributed by atoms with E-state index in [2.05, 4.69) is 0 Å². The summed E-state index contributed by atoms with van der Waals surface area (Å²) in [6.07, 6.45) is 3.37. The highest BCUT2D eigenvalue weighted by atomic mass is 16.7. The molecule has 1 rings (SSSR count). The van der Waals surface area contributed by atoms with Gasteiger partial charge in [0.2, 0.25) is 5.79 Å². The summed E-state index contributed by atoms with van der Waals surface area (Å²) < 4.78 is 10.4. The Morgan fingerprint density at radius 2 is 1.46 bits per heavy atom. The molecule has 0 saturated heterocycles. The van der Waals surface area contributed by atoms with Crippen molar-refractivity contribution in [2.24, 2.45) is 0 Å². The van der Waals surface area contributed by atoms with Crippen LogP contribution in [0, 0.1) is 0 Å². The molecule has 0 fully saturated rings. The zero-order valence-corrected chi connectivity index (χ0v) is 8.38. The second kappa shape index (κ2) is 3.44. The van der Waals surface area contributed by atoms with Gasteiger partial charge in [0, 0.05) is 14.2 Å². The highest BCUT2D eigenvalue weighted by Gasteiger charge is 2.30. The van der Waals surface area contributed by atoms with Crippen molar-refractivity contribution in [3.63, 3.8) is 0 Å². The number of carbonyl (C=O) groups excluding carboxylic acids is 1. The average Bonchev–Trinajstić information content (AvgIpc) is 2.13. The molecule has 0 aromatic carbocycles. The van der Waals surface area contributed by atoms with E-state index in [-0.39, 0.29) is 5.78 Å². The predicted octanol–water partition coefficient (Wildman–Crippen LogP) is 1.45. The molecule has 0 N–H and O–H groups in total. The molecule has 0 atom stereocenters. The Balaban J connectivity index is 3.10. The minimum absolute atomic E-state index is 0.0460. The zero-order valence-electron chi connectivity index (χ0n) is 8.38. The molecule has 0 bridgehead atoms. The summed E-state index contributed by atoms with van der Waals surface area (Å²) in [5.74, 6) is -0.813. The molecule has 0 spiro atoms. The minimum Gasteiger partial charge on any atom is -0.346 e. The van der Waals surface area contributed by atoms with Crippen LogP contribution in [0.5, 0.6) is 0 Å². The highest BCUT2D eigenvalue weighted by molar-refractivity contribution is 6.08. The van der Waals surface area contributed by atoms with Gasteiger partial charge in [-0.2, -0.15) is 0 Å². The Kier molecular flexibility index (Phi) is 2.68. The summed E-state index contributed by atoms with van der Waals surface area (Å²) in [5.41, 5.74) is 1.31. The van der Waals surface area contributed by atoms with E-state index in [4.69, 9.17) is 9.47 Å². The fraction of sp³-hybridized carbons (Fsp3) is 0.500. The summed E-state index contributed by atoms with van der Waals surface area (Å²) in [6, 6.07) is 0. The van der Waals surface area contributed by atoms with Crippen molar-refractivity contribution in [2.45, 2.75) is 19.6 Å². The molecule has 0 radical (unpaired) electrons. The molecule has 0 saturated carbocycles. The molecular weight excluding hydrogens is 168 g/mol. The Hall–Kier alpha value is -0.930. The van der Waals surface area contributed by atoms with E-state index in [9.17, 15) is 4.79 Å². The van der Waals surface area contributed by atoms with Gasteiger partial charge in [-0.05, 0) is 37.1 Å². The number of Topliss-reactive ketones (excluding diaryl/α,β-unsaturated/α-hetero) is 1. The lowest BCUT2D eigenvalue weighted by Crippen LogP contribution is -2.33. The van der Waals surface area contributed by atoms with Crippen LogP contribution >= 0.6 is 0 Å². The molecule has 72 valence electrons. The zero-order chi connectivity index (χ0) is 10.1. The lowest BCUT2D eigenvalue weighted by molar-refractivity contribution is -0.137. The van der Waals surface area contributed by atoms with Gasteiger partial charge in [0.25, 0.3) is 0 Å². The molecule has 1 aliphatic rings. The Labute approximate surface area is 78.0 Å². The fourth-order valence-corrected chi connectivity index (χ4v) is 1.41. The number of ether oxygens (including phenoxy) is 2. The normalized spacial score (nSPS) is 21.1. The van der Waals surface area contributed by atoms with Crippen molar-refractivity contribution in [1.29, 1.82) is 0 Å². The van der Waals surface area contributed by atoms with Crippen LogP contribution in [0.15, 0.2) is 23.3 Å². The molecule has 0 heterocycles. The molecule has 0 amide bonds. The van der Waals surface area contributed by atoms with Crippen LogP contribution in [-0.4, -0.2) is 25.8 Å². The van der Waals surface area contributed by atoms with Gasteiger partial charge in [0.15, 0.2) is 5.78 Å². The summed E-state index contributed by atoms with van der Waals surface area (Å²) in [4.78, 5) is 11.4. The fourth-order valence-electron chi connectivity index (χ4n) is 1.41. The second-order valence-corrected chi connectivity index (χ2v) is 3.11. The summed E-state index contributed by atoms with van der Waals surface area (Å²) in [6.45, 7) is 3.51. The van der Waals surface area contributed by atoms with E-state index >= 15 is 0 Å². The average molecular weight is 182 g/mol. The van der Waals surface area contributed by atoms with Gasteiger partial charge in [-0.1, -0.05) is 0 Å². The molecule has 3 heteroatoms. The third-order valence-corrected chi connectivity index (χ3v) is 2.19. The van der Waals surface area contributed by atoms with E-state index in [1.54, 1.807) is 40.2 Å². The second-order valence-electron chi connectivity index (χ2n) is 3.11. The van der Waals surface area contributed by atoms with E-state index in [1.807, 2.05) is 0 Å². The molecule has 1 aliphatic carbocycles. The number of allylic oxidation sites excluding steroid dienone is 2. The van der Waals surface area contributed by atoms with Crippen LogP contribution in [0.1, 0.15) is 13.8 Å². The van der Waals surface area contributed by atoms with Crippen LogP contribution in [-0.2, 0) is 14.3 Å². The number of rotatable bonds is 2. The molecule has 0 aliphatic heterocycles. The molecular formula is C10H14O3. The van der Waals surface area contributed by atoms with Crippen molar-refractivity contribution in [1.82, 2.24) is 0 Å². The lowest BCUT2D eigenvalue weighted by atomic mass is 9.95. The van der Waals surface area contributed by atoms with Crippen molar-refractivity contribution in [2.75, 3.05) is 14.2 Å². The number of hydrogen-bond donors (Lipinski definition) is 0. The smallest absolute Gasteiger partial charge is 0.208 e. The van der Waals surface area contributed by atoms with Crippen LogP contribution in [0.4, 0.5) is 0 Å². The topological polar surface area (TPSA) is 35.5 Å². The SMILES string of the molecule is COC1(OC)C=C(C)C(=O)C(C)=C1. The summed E-state index contributed by atoms with van der Waals surface area (Å²) in [5, 5.41) is 0. The van der Waals surface area contributed by atoms with E-state index in [0.29, 0.717) is 11.1 Å². The minimum atomic E-state index is -0.859.